The molecule has 2 aliphatic heterocycles. The van der Waals surface area contributed by atoms with Crippen molar-refractivity contribution in [3.63, 3.8) is 0 Å². The fourth-order valence-corrected chi connectivity index (χ4v) is 4.99. The van der Waals surface area contributed by atoms with E-state index in [1.54, 1.807) is 4.90 Å². The molecule has 0 radical (unpaired) electrons. The number of aromatic nitrogens is 1. The lowest BCUT2D eigenvalue weighted by Crippen LogP contribution is -2.46. The summed E-state index contributed by atoms with van der Waals surface area (Å²) in [5.41, 5.74) is 1.68. The molecular formula is C22H30N4O3S. The lowest BCUT2D eigenvalue weighted by molar-refractivity contribution is 0.0204. The number of amides is 2. The summed E-state index contributed by atoms with van der Waals surface area (Å²) in [7, 11) is 0. The maximum Gasteiger partial charge on any atom is 0.410 e. The van der Waals surface area contributed by atoms with Crippen molar-refractivity contribution in [1.29, 1.82) is 0 Å². The van der Waals surface area contributed by atoms with Gasteiger partial charge in [0.2, 0.25) is 0 Å². The molecule has 2 aromatic rings. The van der Waals surface area contributed by atoms with Crippen molar-refractivity contribution >= 4 is 33.6 Å². The molecule has 30 heavy (non-hydrogen) atoms. The number of piperidine rings is 1. The minimum absolute atomic E-state index is 0.0323. The topological polar surface area (TPSA) is 74.8 Å². The van der Waals surface area contributed by atoms with Crippen molar-refractivity contribution in [1.82, 2.24) is 20.1 Å². The van der Waals surface area contributed by atoms with Gasteiger partial charge in [0.15, 0.2) is 5.01 Å². The molecule has 1 aromatic carbocycles. The Balaban J connectivity index is 1.42. The molecule has 0 spiro atoms. The second-order valence-electron chi connectivity index (χ2n) is 9.03. The van der Waals surface area contributed by atoms with Crippen molar-refractivity contribution in [2.24, 2.45) is 0 Å². The molecule has 0 atom stereocenters. The zero-order valence-electron chi connectivity index (χ0n) is 17.9. The van der Waals surface area contributed by atoms with Crippen LogP contribution in [0.4, 0.5) is 4.79 Å². The Morgan fingerprint density at radius 2 is 1.80 bits per heavy atom. The van der Waals surface area contributed by atoms with Gasteiger partial charge in [0.1, 0.15) is 5.60 Å². The molecule has 7 nitrogen and oxygen atoms in total. The summed E-state index contributed by atoms with van der Waals surface area (Å²) in [6, 6.07) is 6.32. The third kappa shape index (κ3) is 4.75. The van der Waals surface area contributed by atoms with Crippen LogP contribution in [0.2, 0.25) is 0 Å². The first-order valence-corrected chi connectivity index (χ1v) is 11.5. The molecule has 0 aliphatic carbocycles. The number of rotatable bonds is 2. The van der Waals surface area contributed by atoms with Crippen LogP contribution in [0.15, 0.2) is 18.2 Å². The number of hydrogen-bond acceptors (Lipinski definition) is 6. The van der Waals surface area contributed by atoms with Gasteiger partial charge in [0.05, 0.1) is 10.2 Å². The van der Waals surface area contributed by atoms with E-state index in [0.717, 1.165) is 49.2 Å². The van der Waals surface area contributed by atoms with Crippen LogP contribution in [0, 0.1) is 0 Å². The molecule has 1 aromatic heterocycles. The monoisotopic (exact) mass is 430 g/mol. The minimum Gasteiger partial charge on any atom is -0.444 e. The third-order valence-corrected chi connectivity index (χ3v) is 6.62. The minimum atomic E-state index is -0.467. The number of carbonyl (C=O) groups excluding carboxylic acids is 2. The van der Waals surface area contributed by atoms with Crippen LogP contribution in [-0.4, -0.2) is 71.7 Å². The zero-order chi connectivity index (χ0) is 21.3. The van der Waals surface area contributed by atoms with Crippen LogP contribution in [-0.2, 0) is 4.74 Å². The van der Waals surface area contributed by atoms with E-state index in [0.29, 0.717) is 24.0 Å². The lowest BCUT2D eigenvalue weighted by Gasteiger charge is -2.33. The van der Waals surface area contributed by atoms with E-state index < -0.39 is 5.60 Å². The van der Waals surface area contributed by atoms with Gasteiger partial charge in [-0.15, -0.1) is 11.3 Å². The van der Waals surface area contributed by atoms with Crippen LogP contribution in [0.3, 0.4) is 0 Å². The smallest absolute Gasteiger partial charge is 0.410 e. The molecule has 8 heteroatoms. The standard InChI is InChI=1S/C22H30N4O3S/c1-22(2,3)29-21(28)26-10-6-15(7-11-26)16-4-5-17-18(14-16)30-19(24-17)20(27)25-12-8-23-9-13-25/h4-5,14-15,23H,6-13H2,1-3H3. The van der Waals surface area contributed by atoms with Crippen LogP contribution in [0.5, 0.6) is 0 Å². The molecule has 2 fully saturated rings. The van der Waals surface area contributed by atoms with Gasteiger partial charge >= 0.3 is 6.09 Å². The predicted octanol–water partition coefficient (Wildman–Crippen LogP) is 3.46. The Morgan fingerprint density at radius 1 is 1.10 bits per heavy atom. The Morgan fingerprint density at radius 3 is 2.47 bits per heavy atom. The first kappa shape index (κ1) is 21.1. The van der Waals surface area contributed by atoms with Gasteiger partial charge in [-0.1, -0.05) is 6.07 Å². The van der Waals surface area contributed by atoms with Crippen LogP contribution in [0.1, 0.15) is 54.9 Å². The quantitative estimate of drug-likeness (QED) is 0.790. The van der Waals surface area contributed by atoms with Gasteiger partial charge < -0.3 is 19.9 Å². The van der Waals surface area contributed by atoms with Gasteiger partial charge in [-0.3, -0.25) is 4.79 Å². The fraction of sp³-hybridized carbons (Fsp3) is 0.591. The first-order chi connectivity index (χ1) is 14.3. The number of likely N-dealkylation sites (tertiary alicyclic amines) is 1. The number of hydrogen-bond donors (Lipinski definition) is 1. The number of ether oxygens (including phenoxy) is 1. The summed E-state index contributed by atoms with van der Waals surface area (Å²) >= 11 is 1.48. The Labute approximate surface area is 181 Å². The summed E-state index contributed by atoms with van der Waals surface area (Å²) in [5, 5.41) is 3.84. The molecule has 2 saturated heterocycles. The Hall–Kier alpha value is -2.19. The second kappa shape index (κ2) is 8.51. The van der Waals surface area contributed by atoms with Crippen molar-refractivity contribution in [3.05, 3.63) is 28.8 Å². The maximum absolute atomic E-state index is 12.8. The van der Waals surface area contributed by atoms with Gasteiger partial charge in [0.25, 0.3) is 5.91 Å². The molecule has 0 bridgehead atoms. The molecule has 0 saturated carbocycles. The average Bonchev–Trinajstić information content (AvgIpc) is 3.16. The Bertz CT molecular complexity index is 922. The van der Waals surface area contributed by atoms with E-state index in [-0.39, 0.29) is 12.0 Å². The zero-order valence-corrected chi connectivity index (χ0v) is 18.8. The fourth-order valence-electron chi connectivity index (χ4n) is 4.01. The van der Waals surface area contributed by atoms with Crippen molar-refractivity contribution in [2.75, 3.05) is 39.3 Å². The average molecular weight is 431 g/mol. The molecule has 4 rings (SSSR count). The number of benzene rings is 1. The largest absolute Gasteiger partial charge is 0.444 e. The normalized spacial score (nSPS) is 18.6. The van der Waals surface area contributed by atoms with E-state index in [9.17, 15) is 9.59 Å². The summed E-state index contributed by atoms with van der Waals surface area (Å²) < 4.78 is 6.55. The lowest BCUT2D eigenvalue weighted by atomic mass is 9.89. The summed E-state index contributed by atoms with van der Waals surface area (Å²) in [5.74, 6) is 0.437. The van der Waals surface area contributed by atoms with Gasteiger partial charge in [0, 0.05) is 39.3 Å². The number of carbonyl (C=O) groups is 2. The molecule has 2 aliphatic rings. The molecule has 0 unspecified atom stereocenters. The maximum atomic E-state index is 12.8. The van der Waals surface area contributed by atoms with Crippen molar-refractivity contribution in [2.45, 2.75) is 45.1 Å². The number of thiazole rings is 1. The van der Waals surface area contributed by atoms with E-state index in [4.69, 9.17) is 4.74 Å². The first-order valence-electron chi connectivity index (χ1n) is 10.7. The summed E-state index contributed by atoms with van der Waals surface area (Å²) in [4.78, 5) is 33.3. The van der Waals surface area contributed by atoms with Crippen LogP contribution in [0.25, 0.3) is 10.2 Å². The third-order valence-electron chi connectivity index (χ3n) is 5.62. The molecule has 2 amide bonds. The van der Waals surface area contributed by atoms with E-state index >= 15 is 0 Å². The summed E-state index contributed by atoms with van der Waals surface area (Å²) in [6.07, 6.45) is 1.60. The van der Waals surface area contributed by atoms with E-state index in [1.807, 2.05) is 31.7 Å². The van der Waals surface area contributed by atoms with Gasteiger partial charge in [-0.05, 0) is 57.2 Å². The van der Waals surface area contributed by atoms with E-state index in [2.05, 4.69) is 22.4 Å². The van der Waals surface area contributed by atoms with Gasteiger partial charge in [-0.2, -0.15) is 0 Å². The SMILES string of the molecule is CC(C)(C)OC(=O)N1CCC(c2ccc3nc(C(=O)N4CCNCC4)sc3c2)CC1. The van der Waals surface area contributed by atoms with Crippen LogP contribution < -0.4 is 5.32 Å². The van der Waals surface area contributed by atoms with Gasteiger partial charge in [-0.25, -0.2) is 9.78 Å². The highest BCUT2D eigenvalue weighted by Crippen LogP contribution is 2.32. The second-order valence-corrected chi connectivity index (χ2v) is 10.1. The Kier molecular flexibility index (Phi) is 5.97. The summed E-state index contributed by atoms with van der Waals surface area (Å²) in [6.45, 7) is 10.2. The number of fused-ring (bicyclic) bond motifs is 1. The number of piperazine rings is 1. The highest BCUT2D eigenvalue weighted by atomic mass is 32.1. The van der Waals surface area contributed by atoms with Crippen molar-refractivity contribution in [3.8, 4) is 0 Å². The molecular weight excluding hydrogens is 400 g/mol. The number of nitrogens with zero attached hydrogens (tertiary/aromatic N) is 3. The van der Waals surface area contributed by atoms with E-state index in [1.165, 1.54) is 16.9 Å². The highest BCUT2D eigenvalue weighted by Gasteiger charge is 2.28. The van der Waals surface area contributed by atoms with Crippen LogP contribution >= 0.6 is 11.3 Å². The number of nitrogens with one attached hydrogen (secondary N) is 1. The molecule has 3 heterocycles. The predicted molar refractivity (Wildman–Crippen MR) is 118 cm³/mol. The molecule has 162 valence electrons. The van der Waals surface area contributed by atoms with Crippen molar-refractivity contribution < 1.29 is 14.3 Å². The molecule has 1 N–H and O–H groups in total. The highest BCUT2D eigenvalue weighted by molar-refractivity contribution is 7.20.